The molecular formula is C80H100N5+5. The van der Waals surface area contributed by atoms with E-state index in [4.69, 9.17) is 16.4 Å². The molecule has 0 fully saturated rings. The molecule has 0 spiro atoms. The molecule has 0 amide bonds. The second-order valence-electron chi connectivity index (χ2n) is 23.1. The standard InChI is InChI=1S/5C16H20N/c1-11-6-8-15(13(3)10-11)16-9-7-12(2)14(4)17(16)5;2*1-11-6-7-13(3)15(10-11)16-9-8-12(2)14(4)17(16)5;2*1-11-9-10-15(17(5)14(11)4)16-12(2)7-6-8-13(16)3/h5*6-10H,1-5H3/q5*+1/i1D3,2D3;2D3;;1D3;. The zero-order valence-corrected chi connectivity index (χ0v) is 54.7. The molecule has 5 aromatic heterocycles. The number of pyridine rings is 5. The fourth-order valence-corrected chi connectivity index (χ4v) is 10.8. The van der Waals surface area contributed by atoms with Crippen LogP contribution in [0.4, 0.5) is 0 Å². The molecule has 5 aromatic carbocycles. The van der Waals surface area contributed by atoms with Gasteiger partial charge in [-0.25, -0.2) is 0 Å². The zero-order valence-electron chi connectivity index (χ0n) is 66.7. The van der Waals surface area contributed by atoms with E-state index < -0.39 is 27.4 Å². The van der Waals surface area contributed by atoms with Crippen molar-refractivity contribution in [3.63, 3.8) is 0 Å². The number of rotatable bonds is 5. The SMILES string of the molecule is Cc1ccc(C)c(-c2ccc(C)c(C)[n+]2C)c1.Cc1cccc(C)c1-c1ccc(C)c(C)[n+]1C.[2H]C([2H])([2H])c1ccc(-c2c(C)cccc2C)[n+](C)c1C.[2H]C([2H])([2H])c1ccc(-c2cc(C)ccc2C)[n+](C)c1C.[2H]C([2H])([2H])c1ccc(-c2ccc(C([2H])([2H])[2H])c(C)[n+]2C)c(C)c1. The smallest absolute Gasteiger partial charge is 0.198 e. The summed E-state index contributed by atoms with van der Waals surface area (Å²) in [5, 5.41) is 0. The Morgan fingerprint density at radius 1 is 0.224 bits per heavy atom. The van der Waals surface area contributed by atoms with Gasteiger partial charge in [-0.05, 0) is 191 Å². The number of nitrogens with zero attached hydrogens (tertiary/aromatic N) is 5. The lowest BCUT2D eigenvalue weighted by molar-refractivity contribution is -0.667. The summed E-state index contributed by atoms with van der Waals surface area (Å²) >= 11 is 0. The third-order valence-corrected chi connectivity index (χ3v) is 17.2. The molecule has 0 aliphatic carbocycles. The molecule has 0 radical (unpaired) electrons. The number of aryl methyl sites for hydroxylation is 15. The molecule has 0 N–H and O–H groups in total. The highest BCUT2D eigenvalue weighted by Crippen LogP contribution is 2.28. The molecule has 0 saturated heterocycles. The van der Waals surface area contributed by atoms with Gasteiger partial charge in [0.2, 0.25) is 28.5 Å². The first kappa shape index (κ1) is 50.2. The number of benzene rings is 5. The van der Waals surface area contributed by atoms with Crippen LogP contribution < -0.4 is 22.8 Å². The van der Waals surface area contributed by atoms with Crippen molar-refractivity contribution in [1.29, 1.82) is 0 Å². The number of hydrogen-bond acceptors (Lipinski definition) is 0. The summed E-state index contributed by atoms with van der Waals surface area (Å²) in [5.74, 6) is 0. The molecule has 10 rings (SSSR count). The summed E-state index contributed by atoms with van der Waals surface area (Å²) in [7, 11) is 9.94. The van der Waals surface area contributed by atoms with Gasteiger partial charge in [0.15, 0.2) is 28.5 Å². The molecule has 440 valence electrons. The fourth-order valence-electron chi connectivity index (χ4n) is 10.8. The van der Waals surface area contributed by atoms with E-state index in [2.05, 4.69) is 197 Å². The van der Waals surface area contributed by atoms with Crippen LogP contribution in [0.5, 0.6) is 0 Å². The maximum atomic E-state index is 7.59. The van der Waals surface area contributed by atoms with Crippen LogP contribution in [0.1, 0.15) is 128 Å². The fraction of sp³-hybridized carbons (Fsp3) is 0.312. The third-order valence-electron chi connectivity index (χ3n) is 17.2. The van der Waals surface area contributed by atoms with Crippen LogP contribution in [-0.4, -0.2) is 0 Å². The molecular weight excluding hydrogens is 1030 g/mol. The monoisotopic (exact) mass is 1140 g/mol. The number of aromatic nitrogens is 5. The van der Waals surface area contributed by atoms with Crippen LogP contribution in [0.2, 0.25) is 0 Å². The van der Waals surface area contributed by atoms with Gasteiger partial charge in [-0.3, -0.25) is 0 Å². The normalized spacial score (nSPS) is 13.3. The Morgan fingerprint density at radius 2 is 0.506 bits per heavy atom. The van der Waals surface area contributed by atoms with Crippen molar-refractivity contribution in [3.8, 4) is 56.3 Å². The highest BCUT2D eigenvalue weighted by Gasteiger charge is 2.21. The van der Waals surface area contributed by atoms with Crippen molar-refractivity contribution < 1.29 is 39.3 Å². The van der Waals surface area contributed by atoms with Crippen molar-refractivity contribution in [2.45, 2.75) is 138 Å². The Labute approximate surface area is 530 Å². The summed E-state index contributed by atoms with van der Waals surface area (Å²) in [5.41, 5.74) is 31.3. The minimum absolute atomic E-state index is 0.303. The average molecular weight is 1140 g/mol. The molecule has 10 aromatic rings. The van der Waals surface area contributed by atoms with E-state index in [-0.39, 0.29) is 0 Å². The first-order chi connectivity index (χ1) is 44.9. The van der Waals surface area contributed by atoms with Crippen molar-refractivity contribution in [2.75, 3.05) is 0 Å². The van der Waals surface area contributed by atoms with Crippen molar-refractivity contribution in [3.05, 3.63) is 264 Å². The van der Waals surface area contributed by atoms with Crippen LogP contribution in [-0.2, 0) is 35.2 Å². The summed E-state index contributed by atoms with van der Waals surface area (Å²) in [6.07, 6.45) is 0. The minimum Gasteiger partial charge on any atom is -0.198 e. The van der Waals surface area contributed by atoms with E-state index in [1.54, 1.807) is 49.4 Å². The van der Waals surface area contributed by atoms with E-state index in [9.17, 15) is 0 Å². The van der Waals surface area contributed by atoms with Gasteiger partial charge in [0.1, 0.15) is 35.2 Å². The van der Waals surface area contributed by atoms with Crippen molar-refractivity contribution in [2.24, 2.45) is 35.2 Å². The Balaban J connectivity index is 0.000000192. The van der Waals surface area contributed by atoms with Crippen LogP contribution in [0.15, 0.2) is 152 Å². The van der Waals surface area contributed by atoms with Gasteiger partial charge in [0, 0.05) is 126 Å². The third kappa shape index (κ3) is 15.4. The lowest BCUT2D eigenvalue weighted by Crippen LogP contribution is -2.35. The topological polar surface area (TPSA) is 19.4 Å². The van der Waals surface area contributed by atoms with E-state index >= 15 is 0 Å². The zero-order chi connectivity index (χ0) is 72.9. The van der Waals surface area contributed by atoms with Crippen LogP contribution >= 0.6 is 0 Å². The summed E-state index contributed by atoms with van der Waals surface area (Å²) in [6, 6.07) is 50.1. The molecule has 0 saturated carbocycles. The van der Waals surface area contributed by atoms with Gasteiger partial charge >= 0.3 is 0 Å². The average Bonchev–Trinajstić information content (AvgIpc) is 0.799. The van der Waals surface area contributed by atoms with Crippen LogP contribution in [0.3, 0.4) is 0 Å². The molecule has 0 aliphatic rings. The maximum absolute atomic E-state index is 7.59. The predicted octanol–water partition coefficient (Wildman–Crippen LogP) is 17.1. The van der Waals surface area contributed by atoms with Crippen LogP contribution in [0.25, 0.3) is 56.3 Å². The quantitative estimate of drug-likeness (QED) is 0.153. The van der Waals surface area contributed by atoms with E-state index in [1.807, 2.05) is 73.8 Å². The predicted molar refractivity (Wildman–Crippen MR) is 360 cm³/mol. The molecule has 85 heavy (non-hydrogen) atoms. The van der Waals surface area contributed by atoms with Gasteiger partial charge in [-0.15, -0.1) is 0 Å². The highest BCUT2D eigenvalue weighted by molar-refractivity contribution is 5.67. The molecule has 0 aliphatic heterocycles. The van der Waals surface area contributed by atoms with Gasteiger partial charge in [-0.1, -0.05) is 89.5 Å². The first-order valence-electron chi connectivity index (χ1n) is 35.2. The molecule has 5 nitrogen and oxygen atoms in total. The highest BCUT2D eigenvalue weighted by atomic mass is 15.0. The molecule has 5 heterocycles. The van der Waals surface area contributed by atoms with E-state index in [0.29, 0.717) is 27.9 Å². The largest absolute Gasteiger partial charge is 0.213 e. The molecule has 5 heteroatoms. The lowest BCUT2D eigenvalue weighted by atomic mass is 9.98. The second-order valence-corrected chi connectivity index (χ2v) is 23.1. The van der Waals surface area contributed by atoms with Gasteiger partial charge in [-0.2, -0.15) is 22.8 Å². The second kappa shape index (κ2) is 28.6. The van der Waals surface area contributed by atoms with Crippen LogP contribution in [0, 0.1) is 138 Å². The summed E-state index contributed by atoms with van der Waals surface area (Å²) < 4.78 is 101. The molecule has 0 atom stereocenters. The van der Waals surface area contributed by atoms with Gasteiger partial charge in [0.05, 0.1) is 11.1 Å². The summed E-state index contributed by atoms with van der Waals surface area (Å²) in [4.78, 5) is 0. The van der Waals surface area contributed by atoms with Crippen molar-refractivity contribution in [1.82, 2.24) is 0 Å². The minimum atomic E-state index is -2.15. The maximum Gasteiger partial charge on any atom is 0.213 e. The van der Waals surface area contributed by atoms with E-state index in [0.717, 1.165) is 45.2 Å². The first-order valence-corrected chi connectivity index (χ1v) is 29.2. The Kier molecular flexibility index (Phi) is 16.9. The molecule has 0 bridgehead atoms. The Morgan fingerprint density at radius 3 is 0.835 bits per heavy atom. The Bertz CT molecular complexity index is 4490. The molecule has 0 unspecified atom stereocenters. The Hall–Kier alpha value is -8.15. The van der Waals surface area contributed by atoms with Crippen molar-refractivity contribution >= 4 is 0 Å². The van der Waals surface area contributed by atoms with Gasteiger partial charge in [0.25, 0.3) is 0 Å². The van der Waals surface area contributed by atoms with Gasteiger partial charge < -0.3 is 0 Å². The summed E-state index contributed by atoms with van der Waals surface area (Å²) in [6.45, 7) is 24.5. The lowest BCUT2D eigenvalue weighted by Gasteiger charge is -2.10. The van der Waals surface area contributed by atoms with E-state index in [1.165, 1.54) is 95.1 Å². The number of hydrogen-bond donors (Lipinski definition) is 0.